The summed E-state index contributed by atoms with van der Waals surface area (Å²) in [6, 6.07) is 12.8. The fourth-order valence-corrected chi connectivity index (χ4v) is 4.29. The van der Waals surface area contributed by atoms with Crippen LogP contribution < -0.4 is 9.62 Å². The van der Waals surface area contributed by atoms with E-state index in [1.807, 2.05) is 30.3 Å². The average Bonchev–Trinajstić information content (AvgIpc) is 3.03. The molecule has 1 aliphatic heterocycles. The van der Waals surface area contributed by atoms with Crippen LogP contribution in [-0.4, -0.2) is 32.5 Å². The second kappa shape index (κ2) is 6.77. The lowest BCUT2D eigenvalue weighted by atomic mass is 9.87. The Morgan fingerprint density at radius 3 is 2.44 bits per heavy atom. The highest BCUT2D eigenvalue weighted by Gasteiger charge is 2.28. The van der Waals surface area contributed by atoms with Gasteiger partial charge in [-0.2, -0.15) is 0 Å². The van der Waals surface area contributed by atoms with Crippen molar-refractivity contribution < 1.29 is 8.42 Å². The number of rotatable bonds is 4. The number of nitrogens with one attached hydrogen (secondary N) is 1. The van der Waals surface area contributed by atoms with Crippen LogP contribution in [0.1, 0.15) is 32.8 Å². The first-order valence-electron chi connectivity index (χ1n) is 8.54. The van der Waals surface area contributed by atoms with E-state index in [0.29, 0.717) is 11.4 Å². The number of nitrogens with zero attached hydrogens (tertiary/aromatic N) is 2. The lowest BCUT2D eigenvalue weighted by molar-refractivity contribution is 0.560. The third-order valence-electron chi connectivity index (χ3n) is 4.51. The summed E-state index contributed by atoms with van der Waals surface area (Å²) in [7, 11) is -3.51. The Bertz CT molecular complexity index is 812. The summed E-state index contributed by atoms with van der Waals surface area (Å²) in [6.45, 7) is 7.77. The third kappa shape index (κ3) is 4.19. The lowest BCUT2D eigenvalue weighted by Gasteiger charge is -2.20. The molecular formula is C19H25N3O2S. The highest BCUT2D eigenvalue weighted by Crippen LogP contribution is 2.24. The van der Waals surface area contributed by atoms with Crippen LogP contribution in [0, 0.1) is 0 Å². The van der Waals surface area contributed by atoms with Crippen molar-refractivity contribution in [3.63, 3.8) is 0 Å². The van der Waals surface area contributed by atoms with Crippen LogP contribution in [0.2, 0.25) is 0 Å². The van der Waals surface area contributed by atoms with Gasteiger partial charge in [-0.25, -0.2) is 18.1 Å². The van der Waals surface area contributed by atoms with Gasteiger partial charge in [-0.1, -0.05) is 39.0 Å². The Balaban J connectivity index is 1.68. The van der Waals surface area contributed by atoms with Gasteiger partial charge in [0.25, 0.3) is 0 Å². The van der Waals surface area contributed by atoms with Crippen LogP contribution >= 0.6 is 0 Å². The van der Waals surface area contributed by atoms with Gasteiger partial charge < -0.3 is 4.90 Å². The van der Waals surface area contributed by atoms with Gasteiger partial charge in [-0.15, -0.1) is 0 Å². The summed E-state index contributed by atoms with van der Waals surface area (Å²) in [5, 5.41) is 0. The van der Waals surface area contributed by atoms with E-state index >= 15 is 0 Å². The van der Waals surface area contributed by atoms with Crippen LogP contribution in [-0.2, 0) is 15.4 Å². The van der Waals surface area contributed by atoms with Gasteiger partial charge in [-0.3, -0.25) is 0 Å². The predicted molar refractivity (Wildman–Crippen MR) is 100 cm³/mol. The molecule has 0 saturated carbocycles. The standard InChI is InChI=1S/C19H25N3O2S/c1-19(2,3)15-7-9-17(10-8-15)25(23,24)21-16-11-13-22(14-16)18-6-4-5-12-20-18/h4-10,12,16,21H,11,13-14H2,1-3H3. The molecule has 0 radical (unpaired) electrons. The van der Waals surface area contributed by atoms with Crippen LogP contribution in [0.15, 0.2) is 53.6 Å². The number of benzene rings is 1. The van der Waals surface area contributed by atoms with Crippen molar-refractivity contribution in [2.75, 3.05) is 18.0 Å². The fraction of sp³-hybridized carbons (Fsp3) is 0.421. The summed E-state index contributed by atoms with van der Waals surface area (Å²) in [6.07, 6.45) is 2.53. The summed E-state index contributed by atoms with van der Waals surface area (Å²) >= 11 is 0. The topological polar surface area (TPSA) is 62.3 Å². The van der Waals surface area contributed by atoms with Gasteiger partial charge in [0, 0.05) is 25.3 Å². The van der Waals surface area contributed by atoms with Crippen molar-refractivity contribution in [2.24, 2.45) is 0 Å². The predicted octanol–water partition coefficient (Wildman–Crippen LogP) is 2.94. The van der Waals surface area contributed by atoms with Gasteiger partial charge in [0.15, 0.2) is 0 Å². The minimum absolute atomic E-state index is 0.00432. The molecule has 1 fully saturated rings. The first kappa shape index (κ1) is 17.9. The maximum Gasteiger partial charge on any atom is 0.240 e. The molecule has 0 bridgehead atoms. The molecule has 1 aliphatic rings. The molecule has 1 N–H and O–H groups in total. The van der Waals surface area contributed by atoms with Gasteiger partial charge in [-0.05, 0) is 41.7 Å². The first-order valence-corrected chi connectivity index (χ1v) is 10.0. The SMILES string of the molecule is CC(C)(C)c1ccc(S(=O)(=O)NC2CCN(c3ccccn3)C2)cc1. The lowest BCUT2D eigenvalue weighted by Crippen LogP contribution is -2.37. The summed E-state index contributed by atoms with van der Waals surface area (Å²) in [4.78, 5) is 6.75. The van der Waals surface area contributed by atoms with Gasteiger partial charge in [0.2, 0.25) is 10.0 Å². The Hall–Kier alpha value is -1.92. The molecule has 25 heavy (non-hydrogen) atoms. The molecule has 134 valence electrons. The maximum absolute atomic E-state index is 12.6. The summed E-state index contributed by atoms with van der Waals surface area (Å²) < 4.78 is 28.1. The van der Waals surface area contributed by atoms with E-state index in [0.717, 1.165) is 24.3 Å². The number of pyridine rings is 1. The molecule has 1 aromatic carbocycles. The molecule has 0 spiro atoms. The van der Waals surface area contributed by atoms with E-state index in [9.17, 15) is 8.42 Å². The molecule has 5 nitrogen and oxygen atoms in total. The minimum Gasteiger partial charge on any atom is -0.355 e. The molecule has 1 aromatic heterocycles. The molecule has 3 rings (SSSR count). The zero-order chi connectivity index (χ0) is 18.1. The Morgan fingerprint density at radius 1 is 1.12 bits per heavy atom. The maximum atomic E-state index is 12.6. The Kier molecular flexibility index (Phi) is 4.84. The Morgan fingerprint density at radius 2 is 1.84 bits per heavy atom. The zero-order valence-electron chi connectivity index (χ0n) is 14.9. The molecule has 1 atom stereocenters. The molecular weight excluding hydrogens is 334 g/mol. The van der Waals surface area contributed by atoms with Crippen LogP contribution in [0.25, 0.3) is 0 Å². The fourth-order valence-electron chi connectivity index (χ4n) is 3.03. The Labute approximate surface area is 150 Å². The number of anilines is 1. The van der Waals surface area contributed by atoms with Crippen molar-refractivity contribution >= 4 is 15.8 Å². The smallest absolute Gasteiger partial charge is 0.240 e. The number of hydrogen-bond donors (Lipinski definition) is 1. The first-order chi connectivity index (χ1) is 11.8. The molecule has 1 saturated heterocycles. The molecule has 1 unspecified atom stereocenters. The normalized spacial score (nSPS) is 18.5. The van der Waals surface area contributed by atoms with Crippen molar-refractivity contribution in [1.29, 1.82) is 0 Å². The molecule has 0 aliphatic carbocycles. The third-order valence-corrected chi connectivity index (χ3v) is 6.05. The molecule has 2 heterocycles. The minimum atomic E-state index is -3.51. The van der Waals surface area contributed by atoms with Gasteiger partial charge in [0.05, 0.1) is 4.90 Å². The molecule has 2 aromatic rings. The highest BCUT2D eigenvalue weighted by molar-refractivity contribution is 7.89. The second-order valence-corrected chi connectivity index (χ2v) is 9.23. The van der Waals surface area contributed by atoms with Gasteiger partial charge in [0.1, 0.15) is 5.82 Å². The van der Waals surface area contributed by atoms with Crippen molar-refractivity contribution in [2.45, 2.75) is 43.5 Å². The van der Waals surface area contributed by atoms with Crippen LogP contribution in [0.3, 0.4) is 0 Å². The molecule has 0 amide bonds. The quantitative estimate of drug-likeness (QED) is 0.912. The van der Waals surface area contributed by atoms with E-state index in [1.165, 1.54) is 0 Å². The number of hydrogen-bond acceptors (Lipinski definition) is 4. The number of sulfonamides is 1. The largest absolute Gasteiger partial charge is 0.355 e. The zero-order valence-corrected chi connectivity index (χ0v) is 15.8. The van der Waals surface area contributed by atoms with Crippen LogP contribution in [0.5, 0.6) is 0 Å². The average molecular weight is 359 g/mol. The van der Waals surface area contributed by atoms with E-state index in [4.69, 9.17) is 0 Å². The van der Waals surface area contributed by atoms with Gasteiger partial charge >= 0.3 is 0 Å². The summed E-state index contributed by atoms with van der Waals surface area (Å²) in [5.74, 6) is 0.888. The van der Waals surface area contributed by atoms with E-state index < -0.39 is 10.0 Å². The van der Waals surface area contributed by atoms with E-state index in [-0.39, 0.29) is 11.5 Å². The monoisotopic (exact) mass is 359 g/mol. The highest BCUT2D eigenvalue weighted by atomic mass is 32.2. The number of aromatic nitrogens is 1. The van der Waals surface area contributed by atoms with Crippen molar-refractivity contribution in [3.05, 3.63) is 54.2 Å². The molecule has 6 heteroatoms. The van der Waals surface area contributed by atoms with Crippen molar-refractivity contribution in [3.8, 4) is 0 Å². The second-order valence-electron chi connectivity index (χ2n) is 7.52. The van der Waals surface area contributed by atoms with Crippen molar-refractivity contribution in [1.82, 2.24) is 9.71 Å². The van der Waals surface area contributed by atoms with E-state index in [1.54, 1.807) is 18.3 Å². The summed E-state index contributed by atoms with van der Waals surface area (Å²) in [5.41, 5.74) is 1.12. The van der Waals surface area contributed by atoms with E-state index in [2.05, 4.69) is 35.4 Å². The van der Waals surface area contributed by atoms with Crippen LogP contribution in [0.4, 0.5) is 5.82 Å².